The zero-order valence-corrected chi connectivity index (χ0v) is 9.59. The molecule has 1 N–H and O–H groups in total. The minimum absolute atomic E-state index is 0.108. The van der Waals surface area contributed by atoms with Crippen molar-refractivity contribution in [3.63, 3.8) is 0 Å². The van der Waals surface area contributed by atoms with Gasteiger partial charge in [0.25, 0.3) is 5.91 Å². The van der Waals surface area contributed by atoms with Crippen LogP contribution in [0.4, 0.5) is 0 Å². The van der Waals surface area contributed by atoms with Gasteiger partial charge < -0.3 is 9.64 Å². The SMILES string of the molecule is O=C1CN(C(=O)COc2ccccc2)CC(=O)N1. The predicted octanol–water partition coefficient (Wildman–Crippen LogP) is -0.450. The molecule has 94 valence electrons. The van der Waals surface area contributed by atoms with Crippen molar-refractivity contribution in [2.24, 2.45) is 0 Å². The fourth-order valence-corrected chi connectivity index (χ4v) is 1.57. The van der Waals surface area contributed by atoms with Gasteiger partial charge in [0, 0.05) is 0 Å². The molecule has 1 aromatic carbocycles. The first-order chi connectivity index (χ1) is 8.65. The normalized spacial score (nSPS) is 15.2. The molecule has 6 heteroatoms. The molecule has 1 saturated heterocycles. The first-order valence-corrected chi connectivity index (χ1v) is 5.43. The Hall–Kier alpha value is -2.37. The van der Waals surface area contributed by atoms with Crippen LogP contribution >= 0.6 is 0 Å². The summed E-state index contributed by atoms with van der Waals surface area (Å²) in [5.41, 5.74) is 0. The number of amides is 3. The van der Waals surface area contributed by atoms with Crippen molar-refractivity contribution in [2.75, 3.05) is 19.7 Å². The molecule has 1 aliphatic rings. The van der Waals surface area contributed by atoms with Crippen LogP contribution in [-0.4, -0.2) is 42.3 Å². The third kappa shape index (κ3) is 3.07. The molecule has 0 radical (unpaired) electrons. The summed E-state index contributed by atoms with van der Waals surface area (Å²) >= 11 is 0. The molecule has 0 bridgehead atoms. The van der Waals surface area contributed by atoms with E-state index in [0.29, 0.717) is 5.75 Å². The van der Waals surface area contributed by atoms with Gasteiger partial charge in [-0.2, -0.15) is 0 Å². The lowest BCUT2D eigenvalue weighted by molar-refractivity contribution is -0.146. The third-order valence-electron chi connectivity index (χ3n) is 2.41. The zero-order chi connectivity index (χ0) is 13.0. The van der Waals surface area contributed by atoms with Gasteiger partial charge in [-0.05, 0) is 12.1 Å². The topological polar surface area (TPSA) is 75.7 Å². The van der Waals surface area contributed by atoms with Crippen molar-refractivity contribution in [3.05, 3.63) is 30.3 Å². The average Bonchev–Trinajstić information content (AvgIpc) is 2.36. The molecule has 0 atom stereocenters. The second-order valence-corrected chi connectivity index (χ2v) is 3.82. The van der Waals surface area contributed by atoms with E-state index in [1.807, 2.05) is 6.07 Å². The minimum atomic E-state index is -0.473. The van der Waals surface area contributed by atoms with Gasteiger partial charge in [-0.15, -0.1) is 0 Å². The maximum absolute atomic E-state index is 11.7. The van der Waals surface area contributed by atoms with Crippen LogP contribution in [0.1, 0.15) is 0 Å². The monoisotopic (exact) mass is 248 g/mol. The van der Waals surface area contributed by atoms with E-state index >= 15 is 0 Å². The zero-order valence-electron chi connectivity index (χ0n) is 9.59. The Bertz CT molecular complexity index is 456. The highest BCUT2D eigenvalue weighted by Gasteiger charge is 2.26. The largest absolute Gasteiger partial charge is 0.484 e. The van der Waals surface area contributed by atoms with E-state index in [4.69, 9.17) is 4.74 Å². The van der Waals surface area contributed by atoms with Gasteiger partial charge >= 0.3 is 0 Å². The number of nitrogens with zero attached hydrogens (tertiary/aromatic N) is 1. The Morgan fingerprint density at radius 3 is 2.39 bits per heavy atom. The van der Waals surface area contributed by atoms with Crippen molar-refractivity contribution in [1.82, 2.24) is 10.2 Å². The Kier molecular flexibility index (Phi) is 3.57. The van der Waals surface area contributed by atoms with Gasteiger partial charge in [-0.25, -0.2) is 0 Å². The van der Waals surface area contributed by atoms with Crippen LogP contribution in [0.25, 0.3) is 0 Å². The Morgan fingerprint density at radius 1 is 1.17 bits per heavy atom. The lowest BCUT2D eigenvalue weighted by Crippen LogP contribution is -2.54. The number of carbonyl (C=O) groups excluding carboxylic acids is 3. The number of hydrogen-bond acceptors (Lipinski definition) is 4. The molecule has 0 saturated carbocycles. The number of piperazine rings is 1. The van der Waals surface area contributed by atoms with Gasteiger partial charge in [0.2, 0.25) is 11.8 Å². The molecule has 1 aromatic rings. The second-order valence-electron chi connectivity index (χ2n) is 3.82. The van der Waals surface area contributed by atoms with E-state index in [1.54, 1.807) is 24.3 Å². The summed E-state index contributed by atoms with van der Waals surface area (Å²) < 4.78 is 5.26. The maximum Gasteiger partial charge on any atom is 0.261 e. The fourth-order valence-electron chi connectivity index (χ4n) is 1.57. The number of nitrogens with one attached hydrogen (secondary N) is 1. The van der Waals surface area contributed by atoms with Crippen molar-refractivity contribution in [1.29, 1.82) is 0 Å². The van der Waals surface area contributed by atoms with Crippen molar-refractivity contribution in [3.8, 4) is 5.75 Å². The molecule has 18 heavy (non-hydrogen) atoms. The smallest absolute Gasteiger partial charge is 0.261 e. The first kappa shape index (κ1) is 12.1. The molecule has 1 heterocycles. The number of para-hydroxylation sites is 1. The van der Waals surface area contributed by atoms with Crippen molar-refractivity contribution >= 4 is 17.7 Å². The van der Waals surface area contributed by atoms with Crippen LogP contribution in [0.2, 0.25) is 0 Å². The highest BCUT2D eigenvalue weighted by Crippen LogP contribution is 2.08. The van der Waals surface area contributed by atoms with E-state index < -0.39 is 11.8 Å². The molecular formula is C12H12N2O4. The quantitative estimate of drug-likeness (QED) is 0.735. The van der Waals surface area contributed by atoms with Gasteiger partial charge in [-0.3, -0.25) is 19.7 Å². The average molecular weight is 248 g/mol. The number of rotatable bonds is 3. The molecule has 0 unspecified atom stereocenters. The molecule has 0 spiro atoms. The molecule has 1 fully saturated rings. The molecule has 1 aliphatic heterocycles. The predicted molar refractivity (Wildman–Crippen MR) is 61.7 cm³/mol. The van der Waals surface area contributed by atoms with Gasteiger partial charge in [0.15, 0.2) is 6.61 Å². The number of imide groups is 1. The molecular weight excluding hydrogens is 236 g/mol. The lowest BCUT2D eigenvalue weighted by Gasteiger charge is -2.25. The second kappa shape index (κ2) is 5.31. The summed E-state index contributed by atoms with van der Waals surface area (Å²) in [6.45, 7) is -0.407. The Balaban J connectivity index is 1.88. The lowest BCUT2D eigenvalue weighted by atomic mass is 10.3. The fraction of sp³-hybridized carbons (Fsp3) is 0.250. The Labute approximate surface area is 104 Å². The molecule has 2 rings (SSSR count). The number of benzene rings is 1. The summed E-state index contributed by atoms with van der Waals surface area (Å²) in [5.74, 6) is -0.765. The number of ether oxygens (including phenoxy) is 1. The van der Waals surface area contributed by atoms with Gasteiger partial charge in [0.1, 0.15) is 18.8 Å². The van der Waals surface area contributed by atoms with Crippen LogP contribution in [-0.2, 0) is 14.4 Å². The molecule has 6 nitrogen and oxygen atoms in total. The first-order valence-electron chi connectivity index (χ1n) is 5.43. The molecule has 3 amide bonds. The summed E-state index contributed by atoms with van der Waals surface area (Å²) in [6.07, 6.45) is 0. The summed E-state index contributed by atoms with van der Waals surface area (Å²) in [5, 5.41) is 2.13. The summed E-state index contributed by atoms with van der Waals surface area (Å²) in [4.78, 5) is 35.1. The van der Waals surface area contributed by atoms with E-state index in [-0.39, 0.29) is 25.6 Å². The number of hydrogen-bond donors (Lipinski definition) is 1. The van der Waals surface area contributed by atoms with Crippen LogP contribution in [0.3, 0.4) is 0 Å². The Morgan fingerprint density at radius 2 is 1.78 bits per heavy atom. The highest BCUT2D eigenvalue weighted by atomic mass is 16.5. The van der Waals surface area contributed by atoms with E-state index in [9.17, 15) is 14.4 Å². The number of carbonyl (C=O) groups is 3. The molecule has 0 aromatic heterocycles. The van der Waals surface area contributed by atoms with Crippen LogP contribution in [0.5, 0.6) is 5.75 Å². The third-order valence-corrected chi connectivity index (χ3v) is 2.41. The van der Waals surface area contributed by atoms with Gasteiger partial charge in [0.05, 0.1) is 0 Å². The maximum atomic E-state index is 11.7. The van der Waals surface area contributed by atoms with E-state index in [2.05, 4.69) is 5.32 Å². The molecule has 0 aliphatic carbocycles. The highest BCUT2D eigenvalue weighted by molar-refractivity contribution is 6.02. The van der Waals surface area contributed by atoms with Crippen molar-refractivity contribution < 1.29 is 19.1 Å². The van der Waals surface area contributed by atoms with Gasteiger partial charge in [-0.1, -0.05) is 18.2 Å². The van der Waals surface area contributed by atoms with E-state index in [1.165, 1.54) is 4.90 Å². The summed E-state index contributed by atoms with van der Waals surface area (Å²) in [7, 11) is 0. The summed E-state index contributed by atoms with van der Waals surface area (Å²) in [6, 6.07) is 8.86. The van der Waals surface area contributed by atoms with Crippen molar-refractivity contribution in [2.45, 2.75) is 0 Å². The standard InChI is InChI=1S/C12H12N2O4/c15-10-6-14(7-11(16)13-10)12(17)8-18-9-4-2-1-3-5-9/h1-5H,6-8H2,(H,13,15,16). The van der Waals surface area contributed by atoms with Crippen LogP contribution in [0.15, 0.2) is 30.3 Å². The van der Waals surface area contributed by atoms with E-state index in [0.717, 1.165) is 0 Å². The van der Waals surface area contributed by atoms with Crippen LogP contribution in [0, 0.1) is 0 Å². The minimum Gasteiger partial charge on any atom is -0.484 e. The van der Waals surface area contributed by atoms with Crippen LogP contribution < -0.4 is 10.1 Å².